The van der Waals surface area contributed by atoms with Crippen molar-refractivity contribution in [3.8, 4) is 0 Å². The number of anilines is 1. The van der Waals surface area contributed by atoms with Crippen LogP contribution in [0.2, 0.25) is 0 Å². The predicted molar refractivity (Wildman–Crippen MR) is 45.7 cm³/mol. The van der Waals surface area contributed by atoms with Crippen molar-refractivity contribution in [2.75, 3.05) is 12.0 Å². The molecule has 2 aromatic heterocycles. The first-order chi connectivity index (χ1) is 5.81. The number of fused-ring (bicyclic) bond motifs is 1. The fourth-order valence-electron chi connectivity index (χ4n) is 0.994. The van der Waals surface area contributed by atoms with E-state index in [2.05, 4.69) is 15.1 Å². The number of aromatic amines is 1. The summed E-state index contributed by atoms with van der Waals surface area (Å²) in [5.41, 5.74) is 6.35. The van der Waals surface area contributed by atoms with Crippen molar-refractivity contribution in [2.45, 2.75) is 5.16 Å². The molecular formula is C6H8IN5S. The molecule has 0 fully saturated rings. The van der Waals surface area contributed by atoms with Crippen LogP contribution in [0.25, 0.3) is 5.65 Å². The average molecular weight is 309 g/mol. The molecule has 0 aliphatic carbocycles. The van der Waals surface area contributed by atoms with Crippen LogP contribution in [0.1, 0.15) is 0 Å². The fourth-order valence-corrected chi connectivity index (χ4v) is 1.52. The molecule has 13 heavy (non-hydrogen) atoms. The first-order valence-corrected chi connectivity index (χ1v) is 4.59. The Morgan fingerprint density at radius 1 is 1.62 bits per heavy atom. The summed E-state index contributed by atoms with van der Waals surface area (Å²) in [5, 5.41) is 3.74. The van der Waals surface area contributed by atoms with Crippen LogP contribution >= 0.6 is 11.8 Å². The lowest BCUT2D eigenvalue weighted by Crippen LogP contribution is -3.00. The zero-order valence-corrected chi connectivity index (χ0v) is 9.83. The van der Waals surface area contributed by atoms with Gasteiger partial charge in [0.25, 0.3) is 5.65 Å². The normalized spacial score (nSPS) is 9.92. The SMILES string of the molecule is CSc1nc(N)cc2nc[nH][n+]12.[I-]. The van der Waals surface area contributed by atoms with E-state index in [4.69, 9.17) is 5.73 Å². The molecule has 0 saturated heterocycles. The molecule has 7 heteroatoms. The highest BCUT2D eigenvalue weighted by molar-refractivity contribution is 7.98. The van der Waals surface area contributed by atoms with Crippen molar-refractivity contribution in [2.24, 2.45) is 0 Å². The molecule has 0 aliphatic rings. The standard InChI is InChI=1S/C6H7N5S.HI/c1-12-6-10-4(7)2-5-8-3-9-11(5)6;/h2-3H,1H3,(H2,7,8,9);1H. The molecule has 0 saturated carbocycles. The number of nitrogens with one attached hydrogen (secondary N) is 1. The summed E-state index contributed by atoms with van der Waals surface area (Å²) >= 11 is 1.52. The second-order valence-corrected chi connectivity index (χ2v) is 3.02. The topological polar surface area (TPSA) is 71.7 Å². The van der Waals surface area contributed by atoms with E-state index in [1.807, 2.05) is 6.26 Å². The molecule has 0 spiro atoms. The number of aromatic nitrogens is 4. The van der Waals surface area contributed by atoms with Crippen molar-refractivity contribution in [3.63, 3.8) is 0 Å². The van der Waals surface area contributed by atoms with Crippen molar-refractivity contribution >= 4 is 23.2 Å². The quantitative estimate of drug-likeness (QED) is 0.253. The number of thioether (sulfide) groups is 1. The van der Waals surface area contributed by atoms with Crippen molar-refractivity contribution in [1.29, 1.82) is 0 Å². The van der Waals surface area contributed by atoms with Gasteiger partial charge in [0.2, 0.25) is 5.82 Å². The number of hydrogen-bond donors (Lipinski definition) is 2. The number of nitrogens with zero attached hydrogens (tertiary/aromatic N) is 3. The number of hydrogen-bond acceptors (Lipinski definition) is 4. The van der Waals surface area contributed by atoms with Crippen molar-refractivity contribution < 1.29 is 28.5 Å². The molecule has 0 unspecified atom stereocenters. The lowest BCUT2D eigenvalue weighted by Gasteiger charge is -1.91. The van der Waals surface area contributed by atoms with Gasteiger partial charge in [-0.3, -0.25) is 0 Å². The lowest BCUT2D eigenvalue weighted by atomic mass is 10.6. The largest absolute Gasteiger partial charge is 1.00 e. The Morgan fingerprint density at radius 2 is 2.38 bits per heavy atom. The Labute approximate surface area is 96.1 Å². The van der Waals surface area contributed by atoms with Gasteiger partial charge in [0.05, 0.1) is 6.07 Å². The molecular weight excluding hydrogens is 301 g/mol. The molecule has 0 aliphatic heterocycles. The van der Waals surface area contributed by atoms with E-state index in [0.29, 0.717) is 5.82 Å². The highest BCUT2D eigenvalue weighted by Crippen LogP contribution is 2.08. The van der Waals surface area contributed by atoms with Gasteiger partial charge < -0.3 is 29.7 Å². The molecule has 0 atom stereocenters. The number of nitrogen functional groups attached to an aromatic ring is 1. The Bertz CT molecular complexity index is 414. The van der Waals surface area contributed by atoms with E-state index < -0.39 is 0 Å². The molecule has 0 amide bonds. The van der Waals surface area contributed by atoms with Crippen molar-refractivity contribution in [1.82, 2.24) is 15.1 Å². The molecule has 0 radical (unpaired) electrons. The minimum Gasteiger partial charge on any atom is -1.00 e. The Kier molecular flexibility index (Phi) is 3.31. The number of halogens is 1. The second kappa shape index (κ2) is 4.09. The molecule has 2 rings (SSSR count). The van der Waals surface area contributed by atoms with Gasteiger partial charge in [0, 0.05) is 0 Å². The summed E-state index contributed by atoms with van der Waals surface area (Å²) in [4.78, 5) is 8.19. The summed E-state index contributed by atoms with van der Waals surface area (Å²) < 4.78 is 1.78. The van der Waals surface area contributed by atoms with Gasteiger partial charge in [-0.2, -0.15) is 0 Å². The van der Waals surface area contributed by atoms with E-state index in [0.717, 1.165) is 10.8 Å². The van der Waals surface area contributed by atoms with Gasteiger partial charge in [-0.05, 0) is 6.26 Å². The van der Waals surface area contributed by atoms with E-state index in [1.54, 1.807) is 16.9 Å². The number of rotatable bonds is 1. The Hall–Kier alpha value is -0.570. The predicted octanol–water partition coefficient (Wildman–Crippen LogP) is -3.15. The number of nitrogens with two attached hydrogens (primary N) is 1. The molecule has 0 bridgehead atoms. The Balaban J connectivity index is 0.000000845. The zero-order valence-electron chi connectivity index (χ0n) is 6.86. The lowest BCUT2D eigenvalue weighted by molar-refractivity contribution is -0.622. The van der Waals surface area contributed by atoms with Gasteiger partial charge in [-0.15, -0.1) is 4.52 Å². The van der Waals surface area contributed by atoms with E-state index in [-0.39, 0.29) is 24.0 Å². The van der Waals surface area contributed by atoms with Crippen molar-refractivity contribution in [3.05, 3.63) is 12.4 Å². The smallest absolute Gasteiger partial charge is 0.323 e. The molecule has 70 valence electrons. The molecule has 2 heterocycles. The maximum atomic E-state index is 5.57. The first kappa shape index (κ1) is 10.5. The monoisotopic (exact) mass is 309 g/mol. The maximum absolute atomic E-state index is 5.57. The summed E-state index contributed by atoms with van der Waals surface area (Å²) in [5.74, 6) is 0.492. The summed E-state index contributed by atoms with van der Waals surface area (Å²) in [6, 6.07) is 1.72. The van der Waals surface area contributed by atoms with Crippen LogP contribution in [0.5, 0.6) is 0 Å². The van der Waals surface area contributed by atoms with Gasteiger partial charge in [-0.1, -0.05) is 21.7 Å². The zero-order chi connectivity index (χ0) is 8.55. The highest BCUT2D eigenvalue weighted by Gasteiger charge is 2.12. The summed E-state index contributed by atoms with van der Waals surface area (Å²) in [7, 11) is 0. The maximum Gasteiger partial charge on any atom is 0.323 e. The van der Waals surface area contributed by atoms with Gasteiger partial charge >= 0.3 is 5.16 Å². The van der Waals surface area contributed by atoms with Crippen LogP contribution in [0, 0.1) is 0 Å². The first-order valence-electron chi connectivity index (χ1n) is 3.37. The third kappa shape index (κ3) is 1.85. The van der Waals surface area contributed by atoms with Gasteiger partial charge in [0.15, 0.2) is 6.33 Å². The van der Waals surface area contributed by atoms with E-state index in [1.165, 1.54) is 11.8 Å². The third-order valence-electron chi connectivity index (χ3n) is 1.49. The average Bonchev–Trinajstić information content (AvgIpc) is 2.50. The van der Waals surface area contributed by atoms with E-state index in [9.17, 15) is 0 Å². The fraction of sp³-hybridized carbons (Fsp3) is 0.167. The van der Waals surface area contributed by atoms with E-state index >= 15 is 0 Å². The van der Waals surface area contributed by atoms with Crippen LogP contribution in [-0.2, 0) is 0 Å². The summed E-state index contributed by atoms with van der Waals surface area (Å²) in [6.07, 6.45) is 3.55. The number of H-pyrrole nitrogens is 1. The van der Waals surface area contributed by atoms with Crippen LogP contribution in [0.4, 0.5) is 5.82 Å². The molecule has 3 N–H and O–H groups in total. The second-order valence-electron chi connectivity index (χ2n) is 2.25. The van der Waals surface area contributed by atoms with Crippen LogP contribution in [0.3, 0.4) is 0 Å². The van der Waals surface area contributed by atoms with Gasteiger partial charge in [0.1, 0.15) is 0 Å². The van der Waals surface area contributed by atoms with Crippen LogP contribution in [0.15, 0.2) is 17.6 Å². The third-order valence-corrected chi connectivity index (χ3v) is 2.13. The highest BCUT2D eigenvalue weighted by atomic mass is 127. The minimum absolute atomic E-state index is 0. The minimum atomic E-state index is 0. The summed E-state index contributed by atoms with van der Waals surface area (Å²) in [6.45, 7) is 0. The van der Waals surface area contributed by atoms with Crippen LogP contribution < -0.4 is 34.2 Å². The molecule has 5 nitrogen and oxygen atoms in total. The molecule has 2 aromatic rings. The van der Waals surface area contributed by atoms with Gasteiger partial charge in [-0.25, -0.2) is 5.10 Å². The Morgan fingerprint density at radius 3 is 3.08 bits per heavy atom. The van der Waals surface area contributed by atoms with Crippen LogP contribution in [-0.4, -0.2) is 21.3 Å². The molecule has 0 aromatic carbocycles.